The Bertz CT molecular complexity index is 286. The van der Waals surface area contributed by atoms with Crippen molar-refractivity contribution < 1.29 is 9.59 Å². The van der Waals surface area contributed by atoms with Gasteiger partial charge < -0.3 is 0 Å². The van der Waals surface area contributed by atoms with Crippen LogP contribution in [0.25, 0.3) is 0 Å². The molecule has 3 aliphatic carbocycles. The van der Waals surface area contributed by atoms with Gasteiger partial charge in [-0.3, -0.25) is 9.59 Å². The molecule has 0 aromatic rings. The number of ketones is 2. The van der Waals surface area contributed by atoms with Crippen molar-refractivity contribution in [3.05, 3.63) is 12.2 Å². The monoisotopic (exact) mass is 176 g/mol. The predicted octanol–water partition coefficient (Wildman–Crippen LogP) is 1.36. The van der Waals surface area contributed by atoms with Crippen molar-refractivity contribution in [1.82, 2.24) is 0 Å². The van der Waals surface area contributed by atoms with Crippen molar-refractivity contribution >= 4 is 11.6 Å². The molecule has 2 heteroatoms. The van der Waals surface area contributed by atoms with Crippen LogP contribution in [0.15, 0.2) is 12.2 Å². The van der Waals surface area contributed by atoms with Crippen molar-refractivity contribution in [2.24, 2.45) is 23.7 Å². The number of rotatable bonds is 0. The van der Waals surface area contributed by atoms with Crippen LogP contribution in [-0.4, -0.2) is 11.6 Å². The Hall–Kier alpha value is -0.920. The largest absolute Gasteiger partial charge is 0.295 e. The van der Waals surface area contributed by atoms with Gasteiger partial charge in [0.1, 0.15) is 0 Å². The quantitative estimate of drug-likeness (QED) is 0.558. The van der Waals surface area contributed by atoms with E-state index in [1.165, 1.54) is 31.4 Å². The molecule has 0 aliphatic heterocycles. The van der Waals surface area contributed by atoms with E-state index in [0.29, 0.717) is 11.8 Å². The summed E-state index contributed by atoms with van der Waals surface area (Å²) in [5.41, 5.74) is 0. The highest BCUT2D eigenvalue weighted by atomic mass is 16.1. The minimum Gasteiger partial charge on any atom is -0.295 e. The molecule has 2 nitrogen and oxygen atoms in total. The Labute approximate surface area is 77.0 Å². The summed E-state index contributed by atoms with van der Waals surface area (Å²) in [5, 5.41) is 0. The third-order valence-electron chi connectivity index (χ3n) is 4.00. The maximum atomic E-state index is 11.5. The maximum Gasteiger partial charge on any atom is 0.159 e. The lowest BCUT2D eigenvalue weighted by molar-refractivity contribution is -0.144. The summed E-state index contributed by atoms with van der Waals surface area (Å²) in [4.78, 5) is 23.0. The molecule has 2 saturated carbocycles. The molecule has 0 spiro atoms. The van der Waals surface area contributed by atoms with Crippen LogP contribution in [0.2, 0.25) is 0 Å². The summed E-state index contributed by atoms with van der Waals surface area (Å²) in [6.07, 6.45) is 6.51. The zero-order valence-corrected chi connectivity index (χ0v) is 7.40. The summed E-state index contributed by atoms with van der Waals surface area (Å²) in [7, 11) is 0. The molecule has 0 N–H and O–H groups in total. The summed E-state index contributed by atoms with van der Waals surface area (Å²) < 4.78 is 0. The number of allylic oxidation sites excluding steroid dienone is 2. The fraction of sp³-hybridized carbons (Fsp3) is 0.636. The van der Waals surface area contributed by atoms with Crippen LogP contribution in [0.3, 0.4) is 0 Å². The van der Waals surface area contributed by atoms with Gasteiger partial charge in [-0.2, -0.15) is 0 Å². The molecule has 13 heavy (non-hydrogen) atoms. The molecule has 0 radical (unpaired) electrons. The molecule has 68 valence electrons. The highest BCUT2D eigenvalue weighted by molar-refractivity contribution is 6.08. The maximum absolute atomic E-state index is 11.5. The van der Waals surface area contributed by atoms with Gasteiger partial charge in [0.2, 0.25) is 0 Å². The lowest BCUT2D eigenvalue weighted by Gasteiger charge is -2.47. The first-order chi connectivity index (χ1) is 6.29. The number of hydrogen-bond acceptors (Lipinski definition) is 2. The first-order valence-corrected chi connectivity index (χ1v) is 5.05. The lowest BCUT2D eigenvalue weighted by atomic mass is 9.54. The standard InChI is InChI=1S/C11H12O2/c12-8-4-5-9(13)11-7-3-1-2-6(7)10(8)11/h4-7,10-11H,1-3H2. The predicted molar refractivity (Wildman–Crippen MR) is 47.0 cm³/mol. The van der Waals surface area contributed by atoms with Crippen LogP contribution in [0.4, 0.5) is 0 Å². The Morgan fingerprint density at radius 3 is 1.85 bits per heavy atom. The Kier molecular flexibility index (Phi) is 1.33. The van der Waals surface area contributed by atoms with Gasteiger partial charge in [-0.1, -0.05) is 6.42 Å². The molecular weight excluding hydrogens is 164 g/mol. The van der Waals surface area contributed by atoms with E-state index in [1.807, 2.05) is 0 Å². The molecule has 0 aromatic heterocycles. The van der Waals surface area contributed by atoms with E-state index >= 15 is 0 Å². The first kappa shape index (κ1) is 7.48. The Morgan fingerprint density at radius 1 is 0.923 bits per heavy atom. The molecule has 0 aromatic carbocycles. The average Bonchev–Trinajstić information content (AvgIpc) is 2.45. The molecule has 0 amide bonds. The zero-order valence-electron chi connectivity index (χ0n) is 7.40. The van der Waals surface area contributed by atoms with Crippen LogP contribution in [0, 0.1) is 23.7 Å². The van der Waals surface area contributed by atoms with Crippen molar-refractivity contribution in [1.29, 1.82) is 0 Å². The Morgan fingerprint density at radius 2 is 1.38 bits per heavy atom. The van der Waals surface area contributed by atoms with Crippen LogP contribution < -0.4 is 0 Å². The van der Waals surface area contributed by atoms with Gasteiger partial charge in [0, 0.05) is 11.8 Å². The minimum absolute atomic E-state index is 0.0741. The van der Waals surface area contributed by atoms with Gasteiger partial charge in [0.15, 0.2) is 11.6 Å². The zero-order chi connectivity index (χ0) is 9.00. The second kappa shape index (κ2) is 2.31. The number of carbonyl (C=O) groups excluding carboxylic acids is 2. The van der Waals surface area contributed by atoms with Crippen LogP contribution in [0.1, 0.15) is 19.3 Å². The summed E-state index contributed by atoms with van der Waals surface area (Å²) in [5.74, 6) is 1.65. The fourth-order valence-electron chi connectivity index (χ4n) is 3.46. The second-order valence-electron chi connectivity index (χ2n) is 4.45. The van der Waals surface area contributed by atoms with Gasteiger partial charge in [-0.15, -0.1) is 0 Å². The summed E-state index contributed by atoms with van der Waals surface area (Å²) >= 11 is 0. The summed E-state index contributed by atoms with van der Waals surface area (Å²) in [6.45, 7) is 0. The molecule has 0 bridgehead atoms. The van der Waals surface area contributed by atoms with Crippen molar-refractivity contribution in [3.63, 3.8) is 0 Å². The number of fused-ring (bicyclic) bond motifs is 4. The summed E-state index contributed by atoms with van der Waals surface area (Å²) in [6, 6.07) is 0. The van der Waals surface area contributed by atoms with Crippen molar-refractivity contribution in [2.45, 2.75) is 19.3 Å². The van der Waals surface area contributed by atoms with E-state index < -0.39 is 0 Å². The van der Waals surface area contributed by atoms with E-state index in [1.54, 1.807) is 0 Å². The molecule has 3 rings (SSSR count). The fourth-order valence-corrected chi connectivity index (χ4v) is 3.46. The molecule has 4 atom stereocenters. The van der Waals surface area contributed by atoms with E-state index in [-0.39, 0.29) is 23.4 Å². The van der Waals surface area contributed by atoms with Crippen LogP contribution >= 0.6 is 0 Å². The van der Waals surface area contributed by atoms with Gasteiger partial charge in [-0.05, 0) is 36.8 Å². The lowest BCUT2D eigenvalue weighted by Crippen LogP contribution is -2.52. The number of carbonyl (C=O) groups is 2. The average molecular weight is 176 g/mol. The third-order valence-corrected chi connectivity index (χ3v) is 4.00. The molecule has 3 aliphatic rings. The highest BCUT2D eigenvalue weighted by Crippen LogP contribution is 2.57. The van der Waals surface area contributed by atoms with E-state index in [0.717, 1.165) is 0 Å². The van der Waals surface area contributed by atoms with Gasteiger partial charge in [0.25, 0.3) is 0 Å². The molecule has 0 heterocycles. The number of hydrogen-bond donors (Lipinski definition) is 0. The molecular formula is C11H12O2. The Balaban J connectivity index is 1.98. The normalized spacial score (nSPS) is 47.1. The molecule has 4 unspecified atom stereocenters. The topological polar surface area (TPSA) is 34.1 Å². The first-order valence-electron chi connectivity index (χ1n) is 5.05. The second-order valence-corrected chi connectivity index (χ2v) is 4.45. The van der Waals surface area contributed by atoms with Crippen LogP contribution in [0.5, 0.6) is 0 Å². The SMILES string of the molecule is O=C1C=CC(=O)C2C3CCCC3C12. The van der Waals surface area contributed by atoms with E-state index in [4.69, 9.17) is 0 Å². The smallest absolute Gasteiger partial charge is 0.159 e. The van der Waals surface area contributed by atoms with Gasteiger partial charge in [-0.25, -0.2) is 0 Å². The highest BCUT2D eigenvalue weighted by Gasteiger charge is 2.58. The third kappa shape index (κ3) is 0.787. The van der Waals surface area contributed by atoms with E-state index in [2.05, 4.69) is 0 Å². The van der Waals surface area contributed by atoms with Crippen molar-refractivity contribution in [2.75, 3.05) is 0 Å². The van der Waals surface area contributed by atoms with Crippen LogP contribution in [-0.2, 0) is 9.59 Å². The van der Waals surface area contributed by atoms with E-state index in [9.17, 15) is 9.59 Å². The van der Waals surface area contributed by atoms with Gasteiger partial charge >= 0.3 is 0 Å². The van der Waals surface area contributed by atoms with Gasteiger partial charge in [0.05, 0.1) is 0 Å². The van der Waals surface area contributed by atoms with Crippen molar-refractivity contribution in [3.8, 4) is 0 Å². The molecule has 0 saturated heterocycles. The molecule has 2 fully saturated rings. The minimum atomic E-state index is 0.0741.